The number of benzene rings is 1. The van der Waals surface area contributed by atoms with E-state index in [1.165, 1.54) is 15.6 Å². The lowest BCUT2D eigenvalue weighted by molar-refractivity contribution is -0.141. The van der Waals surface area contributed by atoms with E-state index in [9.17, 15) is 18.0 Å². The Morgan fingerprint density at radius 2 is 2.12 bits per heavy atom. The molecule has 0 saturated heterocycles. The Morgan fingerprint density at radius 3 is 2.81 bits per heavy atom. The second-order valence-corrected chi connectivity index (χ2v) is 8.23. The van der Waals surface area contributed by atoms with Gasteiger partial charge in [0.25, 0.3) is 0 Å². The van der Waals surface area contributed by atoms with Crippen LogP contribution >= 0.6 is 11.6 Å². The Bertz CT molecular complexity index is 1110. The van der Waals surface area contributed by atoms with Gasteiger partial charge >= 0.3 is 6.18 Å². The lowest BCUT2D eigenvalue weighted by atomic mass is 10.1. The second kappa shape index (κ2) is 8.85. The number of hydrogen-bond acceptors (Lipinski definition) is 4. The van der Waals surface area contributed by atoms with Crippen LogP contribution in [0.15, 0.2) is 42.7 Å². The highest BCUT2D eigenvalue weighted by Crippen LogP contribution is 2.42. The molecule has 1 amide bonds. The normalized spacial score (nSPS) is 14.9. The summed E-state index contributed by atoms with van der Waals surface area (Å²) in [6, 6.07) is 8.02. The zero-order valence-corrected chi connectivity index (χ0v) is 17.9. The van der Waals surface area contributed by atoms with Gasteiger partial charge in [-0.15, -0.1) is 0 Å². The van der Waals surface area contributed by atoms with Gasteiger partial charge < -0.3 is 10.1 Å². The molecule has 170 valence electrons. The van der Waals surface area contributed by atoms with E-state index in [0.29, 0.717) is 22.2 Å². The molecular formula is C21H21ClF3N5O2. The van der Waals surface area contributed by atoms with Gasteiger partial charge in [-0.2, -0.15) is 23.4 Å². The molecule has 2 aromatic heterocycles. The minimum absolute atomic E-state index is 0.0553. The zero-order valence-electron chi connectivity index (χ0n) is 17.1. The largest absolute Gasteiger partial charge is 0.471 e. The molecule has 3 aromatic rings. The predicted molar refractivity (Wildman–Crippen MR) is 111 cm³/mol. The monoisotopic (exact) mass is 467 g/mol. The highest BCUT2D eigenvalue weighted by Gasteiger charge is 2.38. The van der Waals surface area contributed by atoms with Crippen LogP contribution in [0.2, 0.25) is 5.02 Å². The van der Waals surface area contributed by atoms with Crippen molar-refractivity contribution in [2.24, 2.45) is 5.92 Å². The molecule has 7 nitrogen and oxygen atoms in total. The van der Waals surface area contributed by atoms with E-state index in [-0.39, 0.29) is 25.1 Å². The summed E-state index contributed by atoms with van der Waals surface area (Å²) >= 11 is 5.92. The molecule has 0 radical (unpaired) electrons. The van der Waals surface area contributed by atoms with Crippen molar-refractivity contribution in [3.63, 3.8) is 0 Å². The van der Waals surface area contributed by atoms with Gasteiger partial charge in [0.05, 0.1) is 30.5 Å². The molecule has 1 aliphatic rings. The van der Waals surface area contributed by atoms with Crippen LogP contribution in [-0.2, 0) is 24.2 Å². The van der Waals surface area contributed by atoms with E-state index in [4.69, 9.17) is 16.3 Å². The Balaban J connectivity index is 1.35. The quantitative estimate of drug-likeness (QED) is 0.509. The standard InChI is InChI=1S/C21H21ClF3N5O2/c1-13(10-30-18(14-5-6-14)8-19(28-30)21(23,24)25)20(31)27-16-9-26-29(11-16)12-32-17-4-2-3-15(22)7-17/h2-4,7-9,11,13-14H,5-6,10,12H2,1H3,(H,27,31). The summed E-state index contributed by atoms with van der Waals surface area (Å²) in [5, 5.41) is 11.1. The molecule has 0 bridgehead atoms. The summed E-state index contributed by atoms with van der Waals surface area (Å²) in [4.78, 5) is 12.6. The van der Waals surface area contributed by atoms with Crippen molar-refractivity contribution >= 4 is 23.2 Å². The molecule has 1 fully saturated rings. The SMILES string of the molecule is CC(Cn1nc(C(F)(F)F)cc1C1CC1)C(=O)Nc1cnn(COc2cccc(Cl)c2)c1. The van der Waals surface area contributed by atoms with E-state index in [1.807, 2.05) is 0 Å². The van der Waals surface area contributed by atoms with Gasteiger partial charge in [0, 0.05) is 16.6 Å². The average molecular weight is 468 g/mol. The topological polar surface area (TPSA) is 74.0 Å². The maximum atomic E-state index is 13.1. The molecule has 1 atom stereocenters. The van der Waals surface area contributed by atoms with Crippen molar-refractivity contribution in [2.75, 3.05) is 5.32 Å². The Morgan fingerprint density at radius 1 is 1.34 bits per heavy atom. The van der Waals surface area contributed by atoms with E-state index < -0.39 is 17.8 Å². The number of nitrogens with zero attached hydrogens (tertiary/aromatic N) is 4. The fourth-order valence-electron chi connectivity index (χ4n) is 3.23. The molecule has 1 aromatic carbocycles. The minimum Gasteiger partial charge on any atom is -0.471 e. The number of aromatic nitrogens is 4. The first-order valence-corrected chi connectivity index (χ1v) is 10.4. The summed E-state index contributed by atoms with van der Waals surface area (Å²) in [5.41, 5.74) is 0.0614. The van der Waals surface area contributed by atoms with Crippen molar-refractivity contribution in [1.29, 1.82) is 0 Å². The first-order valence-electron chi connectivity index (χ1n) is 10.1. The van der Waals surface area contributed by atoms with Crippen LogP contribution < -0.4 is 10.1 Å². The summed E-state index contributed by atoms with van der Waals surface area (Å²) in [6.45, 7) is 1.82. The molecule has 1 N–H and O–H groups in total. The van der Waals surface area contributed by atoms with E-state index in [0.717, 1.165) is 18.9 Å². The number of halogens is 4. The molecule has 1 unspecified atom stereocenters. The number of amides is 1. The van der Waals surface area contributed by atoms with Crippen LogP contribution in [0.4, 0.5) is 18.9 Å². The van der Waals surface area contributed by atoms with Crippen LogP contribution in [0.25, 0.3) is 0 Å². The van der Waals surface area contributed by atoms with Crippen LogP contribution in [-0.4, -0.2) is 25.5 Å². The van der Waals surface area contributed by atoms with E-state index in [1.54, 1.807) is 37.4 Å². The van der Waals surface area contributed by atoms with E-state index in [2.05, 4.69) is 15.5 Å². The van der Waals surface area contributed by atoms with Crippen molar-refractivity contribution in [3.05, 3.63) is 59.1 Å². The third kappa shape index (κ3) is 5.42. The summed E-state index contributed by atoms with van der Waals surface area (Å²) in [7, 11) is 0. The fraction of sp³-hybridized carbons (Fsp3) is 0.381. The maximum absolute atomic E-state index is 13.1. The number of rotatable bonds is 8. The van der Waals surface area contributed by atoms with Gasteiger partial charge in [-0.25, -0.2) is 4.68 Å². The second-order valence-electron chi connectivity index (χ2n) is 7.80. The molecular weight excluding hydrogens is 447 g/mol. The molecule has 1 aliphatic carbocycles. The lowest BCUT2D eigenvalue weighted by Crippen LogP contribution is -2.25. The Kier molecular flexibility index (Phi) is 6.14. The Hall–Kier alpha value is -3.01. The van der Waals surface area contributed by atoms with Crippen molar-refractivity contribution in [1.82, 2.24) is 19.6 Å². The highest BCUT2D eigenvalue weighted by molar-refractivity contribution is 6.30. The highest BCUT2D eigenvalue weighted by atomic mass is 35.5. The number of anilines is 1. The molecule has 2 heterocycles. The van der Waals surface area contributed by atoms with Gasteiger partial charge in [-0.05, 0) is 37.1 Å². The van der Waals surface area contributed by atoms with Gasteiger partial charge in [0.2, 0.25) is 5.91 Å². The molecule has 1 saturated carbocycles. The Labute approximate surface area is 187 Å². The smallest absolute Gasteiger partial charge is 0.435 e. The zero-order chi connectivity index (χ0) is 22.9. The third-order valence-corrected chi connectivity index (χ3v) is 5.29. The van der Waals surface area contributed by atoms with Crippen LogP contribution in [0.3, 0.4) is 0 Å². The number of alkyl halides is 3. The van der Waals surface area contributed by atoms with Crippen molar-refractivity contribution < 1.29 is 22.7 Å². The lowest BCUT2D eigenvalue weighted by Gasteiger charge is -2.13. The number of carbonyl (C=O) groups is 1. The van der Waals surface area contributed by atoms with Crippen molar-refractivity contribution in [3.8, 4) is 5.75 Å². The number of ether oxygens (including phenoxy) is 1. The third-order valence-electron chi connectivity index (χ3n) is 5.05. The number of carbonyl (C=O) groups excluding carboxylic acids is 1. The van der Waals surface area contributed by atoms with Gasteiger partial charge in [-0.3, -0.25) is 9.48 Å². The molecule has 0 aliphatic heterocycles. The average Bonchev–Trinajstić information content (AvgIpc) is 3.32. The molecule has 4 rings (SSSR count). The molecule has 32 heavy (non-hydrogen) atoms. The molecule has 11 heteroatoms. The molecule has 0 spiro atoms. The van der Waals surface area contributed by atoms with Crippen LogP contribution in [0.5, 0.6) is 5.75 Å². The van der Waals surface area contributed by atoms with Gasteiger partial charge in [0.15, 0.2) is 12.4 Å². The van der Waals surface area contributed by atoms with Crippen LogP contribution in [0.1, 0.15) is 37.1 Å². The van der Waals surface area contributed by atoms with E-state index >= 15 is 0 Å². The number of hydrogen-bond donors (Lipinski definition) is 1. The summed E-state index contributed by atoms with van der Waals surface area (Å²) < 4.78 is 47.6. The summed E-state index contributed by atoms with van der Waals surface area (Å²) in [6.07, 6.45) is 0.222. The van der Waals surface area contributed by atoms with Crippen molar-refractivity contribution in [2.45, 2.75) is 45.1 Å². The van der Waals surface area contributed by atoms with Gasteiger partial charge in [-0.1, -0.05) is 24.6 Å². The predicted octanol–water partition coefficient (Wildman–Crippen LogP) is 4.94. The first-order chi connectivity index (χ1) is 15.2. The minimum atomic E-state index is -4.51. The van der Waals surface area contributed by atoms with Crippen LogP contribution in [0, 0.1) is 5.92 Å². The van der Waals surface area contributed by atoms with Gasteiger partial charge in [0.1, 0.15) is 5.75 Å². The fourth-order valence-corrected chi connectivity index (χ4v) is 3.41. The summed E-state index contributed by atoms with van der Waals surface area (Å²) in [5.74, 6) is -0.284. The first kappa shape index (κ1) is 22.2. The number of nitrogens with one attached hydrogen (secondary N) is 1. The maximum Gasteiger partial charge on any atom is 0.435 e.